The van der Waals surface area contributed by atoms with Gasteiger partial charge >= 0.3 is 6.03 Å². The van der Waals surface area contributed by atoms with Gasteiger partial charge in [-0.2, -0.15) is 9.61 Å². The lowest BCUT2D eigenvalue weighted by molar-refractivity contribution is 0.177. The molecule has 1 saturated heterocycles. The average Bonchev–Trinajstić information content (AvgIpc) is 3.48. The number of amides is 2. The van der Waals surface area contributed by atoms with Gasteiger partial charge in [-0.1, -0.05) is 18.9 Å². The summed E-state index contributed by atoms with van der Waals surface area (Å²) in [6.07, 6.45) is 12.1. The number of nitrogens with one attached hydrogen (secondary N) is 2. The molecule has 5 rings (SSSR count). The first-order chi connectivity index (χ1) is 15.7. The maximum Gasteiger partial charge on any atom is 0.317 e. The molecular formula is C23H30BN7O. The first-order valence-corrected chi connectivity index (χ1v) is 11.7. The third kappa shape index (κ3) is 4.42. The van der Waals surface area contributed by atoms with Crippen LogP contribution in [0.1, 0.15) is 55.7 Å². The molecule has 0 radical (unpaired) electrons. The fourth-order valence-corrected chi connectivity index (χ4v) is 4.84. The fourth-order valence-electron chi connectivity index (χ4n) is 4.84. The van der Waals surface area contributed by atoms with Crippen LogP contribution in [0, 0.1) is 0 Å². The molecule has 0 unspecified atom stereocenters. The molecule has 2 N–H and O–H groups in total. The maximum absolute atomic E-state index is 12.6. The molecule has 0 bridgehead atoms. The maximum atomic E-state index is 12.6. The molecule has 1 saturated carbocycles. The molecule has 166 valence electrons. The van der Waals surface area contributed by atoms with E-state index in [2.05, 4.69) is 32.8 Å². The molecule has 2 fully saturated rings. The van der Waals surface area contributed by atoms with Crippen molar-refractivity contribution in [1.82, 2.24) is 29.8 Å². The minimum absolute atomic E-state index is 0.101. The summed E-state index contributed by atoms with van der Waals surface area (Å²) in [6, 6.07) is 6.58. The normalized spacial score (nSPS) is 17.7. The largest absolute Gasteiger partial charge is 0.366 e. The highest BCUT2D eigenvalue weighted by molar-refractivity contribution is 6.36. The van der Waals surface area contributed by atoms with E-state index in [0.717, 1.165) is 67.0 Å². The van der Waals surface area contributed by atoms with Crippen molar-refractivity contribution in [2.24, 2.45) is 0 Å². The van der Waals surface area contributed by atoms with E-state index in [0.29, 0.717) is 18.5 Å². The number of likely N-dealkylation sites (tertiary alicyclic amines) is 1. The molecule has 32 heavy (non-hydrogen) atoms. The van der Waals surface area contributed by atoms with Crippen LogP contribution in [0.15, 0.2) is 36.8 Å². The summed E-state index contributed by atoms with van der Waals surface area (Å²) in [5, 5.41) is 11.2. The van der Waals surface area contributed by atoms with Crippen molar-refractivity contribution >= 4 is 30.8 Å². The van der Waals surface area contributed by atoms with Gasteiger partial charge in [-0.25, -0.2) is 9.78 Å². The van der Waals surface area contributed by atoms with E-state index in [1.54, 1.807) is 6.20 Å². The number of rotatable bonds is 5. The Hall–Kier alpha value is -3.10. The Kier molecular flexibility index (Phi) is 5.96. The van der Waals surface area contributed by atoms with Crippen molar-refractivity contribution in [3.05, 3.63) is 48.0 Å². The van der Waals surface area contributed by atoms with Crippen LogP contribution >= 0.6 is 0 Å². The summed E-state index contributed by atoms with van der Waals surface area (Å²) in [5.74, 6) is 1.27. The molecule has 9 heteroatoms. The van der Waals surface area contributed by atoms with Gasteiger partial charge in [0.05, 0.1) is 0 Å². The standard InChI is InChI=1S/C23H30BN7O/c24-19-15-27-31-21(26-14-16-4-3-9-25-13-16)12-20(29-22(19)31)17-7-10-30(11-8-17)23(32)28-18-5-1-2-6-18/h3-4,9,12-13,15,17-18,26H,1-2,5-8,10-11,14,24H2,(H,28,32). The van der Waals surface area contributed by atoms with Gasteiger partial charge in [-0.05, 0) is 42.8 Å². The number of carbonyl (C=O) groups excluding carboxylic acids is 1. The fraction of sp³-hybridized carbons (Fsp3) is 0.478. The first-order valence-electron chi connectivity index (χ1n) is 11.7. The molecule has 2 amide bonds. The van der Waals surface area contributed by atoms with E-state index in [1.165, 1.54) is 12.8 Å². The molecule has 4 heterocycles. The Bertz CT molecular complexity index is 1070. The number of carbonyl (C=O) groups is 1. The molecule has 0 atom stereocenters. The molecular weight excluding hydrogens is 401 g/mol. The Morgan fingerprint density at radius 1 is 1.16 bits per heavy atom. The number of urea groups is 1. The van der Waals surface area contributed by atoms with Gasteiger partial charge in [0.15, 0.2) is 5.65 Å². The second kappa shape index (κ2) is 9.18. The summed E-state index contributed by atoms with van der Waals surface area (Å²) in [7, 11) is 2.04. The van der Waals surface area contributed by atoms with Gasteiger partial charge in [-0.3, -0.25) is 4.98 Å². The number of hydrogen-bond acceptors (Lipinski definition) is 5. The Morgan fingerprint density at radius 3 is 2.72 bits per heavy atom. The topological polar surface area (TPSA) is 87.5 Å². The minimum Gasteiger partial charge on any atom is -0.366 e. The van der Waals surface area contributed by atoms with E-state index in [1.807, 2.05) is 35.7 Å². The highest BCUT2D eigenvalue weighted by atomic mass is 16.2. The van der Waals surface area contributed by atoms with E-state index in [4.69, 9.17) is 4.98 Å². The van der Waals surface area contributed by atoms with E-state index >= 15 is 0 Å². The number of piperidine rings is 1. The zero-order chi connectivity index (χ0) is 21.9. The SMILES string of the molecule is Bc1cnn2c(NCc3cccnc3)cc(C3CCN(C(=O)NC4CCCC4)CC3)nc12. The Labute approximate surface area is 189 Å². The van der Waals surface area contributed by atoms with Crippen LogP contribution in [-0.4, -0.2) is 57.5 Å². The highest BCUT2D eigenvalue weighted by Gasteiger charge is 2.27. The van der Waals surface area contributed by atoms with Crippen LogP contribution in [0.5, 0.6) is 0 Å². The van der Waals surface area contributed by atoms with Crippen LogP contribution in [0.4, 0.5) is 10.6 Å². The highest BCUT2D eigenvalue weighted by Crippen LogP contribution is 2.29. The molecule has 3 aromatic heterocycles. The van der Waals surface area contributed by atoms with Gasteiger partial charge in [0, 0.05) is 61.9 Å². The van der Waals surface area contributed by atoms with Crippen molar-refractivity contribution in [3.63, 3.8) is 0 Å². The van der Waals surface area contributed by atoms with Gasteiger partial charge < -0.3 is 15.5 Å². The van der Waals surface area contributed by atoms with Gasteiger partial charge in [0.25, 0.3) is 0 Å². The first kappa shape index (κ1) is 20.8. The molecule has 0 spiro atoms. The number of hydrogen-bond donors (Lipinski definition) is 2. The quantitative estimate of drug-likeness (QED) is 0.602. The van der Waals surface area contributed by atoms with E-state index in [9.17, 15) is 4.79 Å². The minimum atomic E-state index is 0.101. The second-order valence-electron chi connectivity index (χ2n) is 9.04. The van der Waals surface area contributed by atoms with Crippen LogP contribution in [0.2, 0.25) is 0 Å². The summed E-state index contributed by atoms with van der Waals surface area (Å²) in [4.78, 5) is 23.8. The predicted octanol–water partition coefficient (Wildman–Crippen LogP) is 1.83. The van der Waals surface area contributed by atoms with Crippen molar-refractivity contribution in [3.8, 4) is 0 Å². The molecule has 0 aromatic carbocycles. The van der Waals surface area contributed by atoms with Crippen molar-refractivity contribution in [2.75, 3.05) is 18.4 Å². The number of fused-ring (bicyclic) bond motifs is 1. The lowest BCUT2D eigenvalue weighted by Crippen LogP contribution is -2.47. The van der Waals surface area contributed by atoms with Crippen LogP contribution < -0.4 is 16.1 Å². The molecule has 1 aliphatic carbocycles. The molecule has 2 aliphatic rings. The van der Waals surface area contributed by atoms with Crippen molar-refractivity contribution < 1.29 is 4.79 Å². The molecule has 3 aromatic rings. The van der Waals surface area contributed by atoms with E-state index < -0.39 is 0 Å². The monoisotopic (exact) mass is 431 g/mol. The zero-order valence-corrected chi connectivity index (χ0v) is 18.6. The van der Waals surface area contributed by atoms with Crippen LogP contribution in [0.25, 0.3) is 5.65 Å². The lowest BCUT2D eigenvalue weighted by Gasteiger charge is -2.32. The van der Waals surface area contributed by atoms with E-state index in [-0.39, 0.29) is 6.03 Å². The van der Waals surface area contributed by atoms with Crippen molar-refractivity contribution in [2.45, 2.75) is 57.0 Å². The Morgan fingerprint density at radius 2 is 1.97 bits per heavy atom. The van der Waals surface area contributed by atoms with Gasteiger partial charge in [-0.15, -0.1) is 0 Å². The summed E-state index contributed by atoms with van der Waals surface area (Å²) >= 11 is 0. The number of anilines is 1. The third-order valence-electron chi connectivity index (χ3n) is 6.75. The summed E-state index contributed by atoms with van der Waals surface area (Å²) in [6.45, 7) is 2.21. The smallest absolute Gasteiger partial charge is 0.317 e. The third-order valence-corrected chi connectivity index (χ3v) is 6.75. The summed E-state index contributed by atoms with van der Waals surface area (Å²) < 4.78 is 1.87. The van der Waals surface area contributed by atoms with Gasteiger partial charge in [0.2, 0.25) is 0 Å². The number of pyridine rings is 1. The summed E-state index contributed by atoms with van der Waals surface area (Å²) in [5.41, 5.74) is 4.14. The number of nitrogens with zero attached hydrogens (tertiary/aromatic N) is 5. The number of aromatic nitrogens is 4. The zero-order valence-electron chi connectivity index (χ0n) is 18.6. The second-order valence-corrected chi connectivity index (χ2v) is 9.04. The predicted molar refractivity (Wildman–Crippen MR) is 127 cm³/mol. The molecule has 8 nitrogen and oxygen atoms in total. The van der Waals surface area contributed by atoms with Crippen molar-refractivity contribution in [1.29, 1.82) is 0 Å². The Balaban J connectivity index is 1.28. The average molecular weight is 431 g/mol. The van der Waals surface area contributed by atoms with Crippen LogP contribution in [-0.2, 0) is 6.54 Å². The van der Waals surface area contributed by atoms with Gasteiger partial charge in [0.1, 0.15) is 13.7 Å². The molecule has 1 aliphatic heterocycles. The lowest BCUT2D eigenvalue weighted by atomic mass is 9.93. The van der Waals surface area contributed by atoms with Crippen LogP contribution in [0.3, 0.4) is 0 Å².